The Balaban J connectivity index is 2.58. The molecule has 0 heterocycles. The number of nitrogens with zero attached hydrogens (tertiary/aromatic N) is 1. The predicted molar refractivity (Wildman–Crippen MR) is 78.1 cm³/mol. The zero-order chi connectivity index (χ0) is 15.2. The van der Waals surface area contributed by atoms with E-state index in [1.54, 1.807) is 18.2 Å². The molecule has 1 aromatic carbocycles. The van der Waals surface area contributed by atoms with Crippen LogP contribution in [0, 0.1) is 16.7 Å². The van der Waals surface area contributed by atoms with Crippen molar-refractivity contribution in [2.75, 3.05) is 0 Å². The van der Waals surface area contributed by atoms with Crippen molar-refractivity contribution in [1.29, 1.82) is 5.26 Å². The molecule has 4 nitrogen and oxygen atoms in total. The van der Waals surface area contributed by atoms with Crippen LogP contribution in [0.4, 0.5) is 0 Å². The molecule has 0 radical (unpaired) electrons. The van der Waals surface area contributed by atoms with Gasteiger partial charge in [0.05, 0.1) is 11.6 Å². The molecule has 1 atom stereocenters. The summed E-state index contributed by atoms with van der Waals surface area (Å²) in [6.07, 6.45) is 1.44. The molecule has 4 heteroatoms. The van der Waals surface area contributed by atoms with E-state index in [-0.39, 0.29) is 5.41 Å². The average molecular weight is 274 g/mol. The van der Waals surface area contributed by atoms with Crippen LogP contribution in [0.3, 0.4) is 0 Å². The molecule has 1 unspecified atom stereocenters. The highest BCUT2D eigenvalue weighted by Gasteiger charge is 2.20. The summed E-state index contributed by atoms with van der Waals surface area (Å²) in [5, 5.41) is 21.1. The molecule has 0 spiro atoms. The first-order valence-corrected chi connectivity index (χ1v) is 6.77. The van der Waals surface area contributed by atoms with Crippen molar-refractivity contribution in [3.63, 3.8) is 0 Å². The van der Waals surface area contributed by atoms with Crippen molar-refractivity contribution in [3.8, 4) is 6.07 Å². The summed E-state index contributed by atoms with van der Waals surface area (Å²) in [6.45, 7) is 6.75. The lowest BCUT2D eigenvalue weighted by Gasteiger charge is -2.21. The molecular weight excluding hydrogens is 252 g/mol. The number of rotatable bonds is 6. The Hall–Kier alpha value is -1.86. The van der Waals surface area contributed by atoms with Gasteiger partial charge in [0.25, 0.3) is 0 Å². The molecule has 0 fully saturated rings. The molecule has 0 saturated heterocycles. The first-order valence-electron chi connectivity index (χ1n) is 6.77. The molecule has 0 aliphatic heterocycles. The van der Waals surface area contributed by atoms with Gasteiger partial charge >= 0.3 is 5.97 Å². The fourth-order valence-electron chi connectivity index (χ4n) is 1.88. The summed E-state index contributed by atoms with van der Waals surface area (Å²) in [5.74, 6) is -0.828. The zero-order valence-electron chi connectivity index (χ0n) is 12.3. The van der Waals surface area contributed by atoms with Crippen LogP contribution in [-0.4, -0.2) is 17.1 Å². The Morgan fingerprint density at radius 3 is 2.70 bits per heavy atom. The van der Waals surface area contributed by atoms with E-state index >= 15 is 0 Å². The molecule has 0 saturated carbocycles. The minimum absolute atomic E-state index is 0.121. The third kappa shape index (κ3) is 5.85. The van der Waals surface area contributed by atoms with Crippen LogP contribution in [0.15, 0.2) is 24.3 Å². The van der Waals surface area contributed by atoms with Gasteiger partial charge in [-0.1, -0.05) is 32.9 Å². The quantitative estimate of drug-likeness (QED) is 0.836. The van der Waals surface area contributed by atoms with Crippen molar-refractivity contribution < 1.29 is 9.90 Å². The second kappa shape index (κ2) is 7.06. The lowest BCUT2D eigenvalue weighted by atomic mass is 9.88. The molecule has 0 aromatic heterocycles. The van der Waals surface area contributed by atoms with Crippen molar-refractivity contribution in [2.45, 2.75) is 46.2 Å². The number of carboxylic acid groups (broad SMARTS) is 1. The van der Waals surface area contributed by atoms with Crippen molar-refractivity contribution >= 4 is 5.97 Å². The molecule has 2 N–H and O–H groups in total. The summed E-state index contributed by atoms with van der Waals surface area (Å²) >= 11 is 0. The monoisotopic (exact) mass is 274 g/mol. The van der Waals surface area contributed by atoms with E-state index in [1.807, 2.05) is 6.07 Å². The third-order valence-corrected chi connectivity index (χ3v) is 3.09. The van der Waals surface area contributed by atoms with Crippen LogP contribution in [0.1, 0.15) is 44.7 Å². The van der Waals surface area contributed by atoms with Gasteiger partial charge in [-0.15, -0.1) is 0 Å². The second-order valence-electron chi connectivity index (χ2n) is 6.18. The van der Waals surface area contributed by atoms with E-state index in [1.165, 1.54) is 0 Å². The Kier molecular flexibility index (Phi) is 5.72. The van der Waals surface area contributed by atoms with E-state index < -0.39 is 12.0 Å². The SMILES string of the molecule is CC(C)(C)CCC(NCc1cccc(C#N)c1)C(=O)O. The number of aliphatic carboxylic acids is 1. The average Bonchev–Trinajstić information content (AvgIpc) is 2.37. The molecule has 0 amide bonds. The van der Waals surface area contributed by atoms with Crippen LogP contribution in [-0.2, 0) is 11.3 Å². The third-order valence-electron chi connectivity index (χ3n) is 3.09. The Labute approximate surface area is 120 Å². The highest BCUT2D eigenvalue weighted by Crippen LogP contribution is 2.21. The van der Waals surface area contributed by atoms with Crippen LogP contribution in [0.2, 0.25) is 0 Å². The highest BCUT2D eigenvalue weighted by molar-refractivity contribution is 5.73. The molecular formula is C16H22N2O2. The molecule has 0 aliphatic carbocycles. The van der Waals surface area contributed by atoms with E-state index in [0.717, 1.165) is 12.0 Å². The van der Waals surface area contributed by atoms with Gasteiger partial charge < -0.3 is 10.4 Å². The van der Waals surface area contributed by atoms with E-state index in [0.29, 0.717) is 18.5 Å². The second-order valence-corrected chi connectivity index (χ2v) is 6.18. The summed E-state index contributed by atoms with van der Waals surface area (Å²) in [5.41, 5.74) is 1.63. The van der Waals surface area contributed by atoms with Gasteiger partial charge in [-0.2, -0.15) is 5.26 Å². The van der Waals surface area contributed by atoms with Crippen LogP contribution < -0.4 is 5.32 Å². The first-order chi connectivity index (χ1) is 9.31. The van der Waals surface area contributed by atoms with Gasteiger partial charge in [-0.3, -0.25) is 4.79 Å². The van der Waals surface area contributed by atoms with Crippen LogP contribution in [0.25, 0.3) is 0 Å². The number of hydrogen-bond donors (Lipinski definition) is 2. The molecule has 20 heavy (non-hydrogen) atoms. The molecule has 1 rings (SSSR count). The van der Waals surface area contributed by atoms with Crippen LogP contribution in [0.5, 0.6) is 0 Å². The predicted octanol–water partition coefficient (Wildman–Crippen LogP) is 2.93. The maximum absolute atomic E-state index is 11.2. The number of nitrogens with one attached hydrogen (secondary N) is 1. The van der Waals surface area contributed by atoms with Crippen molar-refractivity contribution in [2.24, 2.45) is 5.41 Å². The first kappa shape index (κ1) is 16.2. The van der Waals surface area contributed by atoms with E-state index in [4.69, 9.17) is 5.26 Å². The van der Waals surface area contributed by atoms with Crippen LogP contribution >= 0.6 is 0 Å². The van der Waals surface area contributed by atoms with E-state index in [9.17, 15) is 9.90 Å². The number of carboxylic acids is 1. The highest BCUT2D eigenvalue weighted by atomic mass is 16.4. The summed E-state index contributed by atoms with van der Waals surface area (Å²) in [4.78, 5) is 11.2. The molecule has 0 aliphatic rings. The Morgan fingerprint density at radius 2 is 2.15 bits per heavy atom. The fourth-order valence-corrected chi connectivity index (χ4v) is 1.88. The molecule has 0 bridgehead atoms. The van der Waals surface area contributed by atoms with Crippen molar-refractivity contribution in [3.05, 3.63) is 35.4 Å². The zero-order valence-corrected chi connectivity index (χ0v) is 12.3. The van der Waals surface area contributed by atoms with Gasteiger partial charge in [0.1, 0.15) is 6.04 Å². The van der Waals surface area contributed by atoms with Gasteiger partial charge in [-0.25, -0.2) is 0 Å². The van der Waals surface area contributed by atoms with E-state index in [2.05, 4.69) is 32.2 Å². The Morgan fingerprint density at radius 1 is 1.45 bits per heavy atom. The summed E-state index contributed by atoms with van der Waals surface area (Å²) in [7, 11) is 0. The number of benzene rings is 1. The van der Waals surface area contributed by atoms with Gasteiger partial charge in [0.15, 0.2) is 0 Å². The maximum Gasteiger partial charge on any atom is 0.320 e. The van der Waals surface area contributed by atoms with Gasteiger partial charge in [-0.05, 0) is 36.0 Å². The largest absolute Gasteiger partial charge is 0.480 e. The lowest BCUT2D eigenvalue weighted by molar-refractivity contribution is -0.139. The summed E-state index contributed by atoms with van der Waals surface area (Å²) in [6, 6.07) is 8.72. The lowest BCUT2D eigenvalue weighted by Crippen LogP contribution is -2.37. The van der Waals surface area contributed by atoms with Crippen molar-refractivity contribution in [1.82, 2.24) is 5.32 Å². The fraction of sp³-hybridized carbons (Fsp3) is 0.500. The smallest absolute Gasteiger partial charge is 0.320 e. The topological polar surface area (TPSA) is 73.1 Å². The Bertz CT molecular complexity index is 498. The number of carbonyl (C=O) groups is 1. The number of nitriles is 1. The minimum Gasteiger partial charge on any atom is -0.480 e. The van der Waals surface area contributed by atoms with Gasteiger partial charge in [0.2, 0.25) is 0 Å². The standard InChI is InChI=1S/C16H22N2O2/c1-16(2,3)8-7-14(15(19)20)18-11-13-6-4-5-12(9-13)10-17/h4-6,9,14,18H,7-8,11H2,1-3H3,(H,19,20). The molecule has 1 aromatic rings. The number of hydrogen-bond acceptors (Lipinski definition) is 3. The molecule has 108 valence electrons. The normalized spacial score (nSPS) is 12.7. The minimum atomic E-state index is -0.828. The summed E-state index contributed by atoms with van der Waals surface area (Å²) < 4.78 is 0. The maximum atomic E-state index is 11.2. The van der Waals surface area contributed by atoms with Gasteiger partial charge in [0, 0.05) is 6.54 Å².